The van der Waals surface area contributed by atoms with Crippen molar-refractivity contribution < 1.29 is 4.79 Å². The lowest BCUT2D eigenvalue weighted by Crippen LogP contribution is -2.37. The van der Waals surface area contributed by atoms with Gasteiger partial charge in [-0.25, -0.2) is 0 Å². The molecular weight excluding hydrogens is 266 g/mol. The number of pyridine rings is 1. The molecule has 0 bridgehead atoms. The molecule has 6 heteroatoms. The van der Waals surface area contributed by atoms with Crippen LogP contribution in [0.3, 0.4) is 0 Å². The number of hydrogen-bond acceptors (Lipinski definition) is 4. The standard InChI is InChI=1S/C15H19N5O/c1-20-14(18-15(21)12-3-2-6-17-10-12)9-13(19-20)11-4-7-16-8-5-11/h4-5,7-9,12,17H,2-3,6,10H2,1H3,(H,18,21)/t12-/m1/s1. The van der Waals surface area contributed by atoms with E-state index in [-0.39, 0.29) is 11.8 Å². The summed E-state index contributed by atoms with van der Waals surface area (Å²) in [5.74, 6) is 0.821. The zero-order valence-corrected chi connectivity index (χ0v) is 12.0. The number of aryl methyl sites for hydroxylation is 1. The first kappa shape index (κ1) is 13.8. The van der Waals surface area contributed by atoms with Gasteiger partial charge in [0.05, 0.1) is 11.6 Å². The molecule has 21 heavy (non-hydrogen) atoms. The zero-order valence-electron chi connectivity index (χ0n) is 12.0. The van der Waals surface area contributed by atoms with Crippen LogP contribution in [0.2, 0.25) is 0 Å². The second-order valence-electron chi connectivity index (χ2n) is 5.31. The lowest BCUT2D eigenvalue weighted by Gasteiger charge is -2.21. The van der Waals surface area contributed by atoms with E-state index in [9.17, 15) is 4.79 Å². The number of nitrogens with zero attached hydrogens (tertiary/aromatic N) is 3. The Kier molecular flexibility index (Phi) is 3.96. The lowest BCUT2D eigenvalue weighted by atomic mass is 9.99. The smallest absolute Gasteiger partial charge is 0.229 e. The van der Waals surface area contributed by atoms with Crippen molar-refractivity contribution in [1.29, 1.82) is 0 Å². The van der Waals surface area contributed by atoms with Gasteiger partial charge in [-0.05, 0) is 31.5 Å². The fraction of sp³-hybridized carbons (Fsp3) is 0.400. The highest BCUT2D eigenvalue weighted by Crippen LogP contribution is 2.21. The Bertz CT molecular complexity index is 616. The van der Waals surface area contributed by atoms with Gasteiger partial charge in [0.1, 0.15) is 5.82 Å². The number of amides is 1. The third-order valence-electron chi connectivity index (χ3n) is 3.77. The summed E-state index contributed by atoms with van der Waals surface area (Å²) in [7, 11) is 1.83. The second-order valence-corrected chi connectivity index (χ2v) is 5.31. The van der Waals surface area contributed by atoms with E-state index in [1.807, 2.05) is 25.2 Å². The van der Waals surface area contributed by atoms with Gasteiger partial charge in [0, 0.05) is 37.6 Å². The molecule has 0 aromatic carbocycles. The van der Waals surface area contributed by atoms with Crippen molar-refractivity contribution in [2.75, 3.05) is 18.4 Å². The van der Waals surface area contributed by atoms with E-state index in [0.717, 1.165) is 43.0 Å². The van der Waals surface area contributed by atoms with Crippen LogP contribution in [0, 0.1) is 5.92 Å². The SMILES string of the molecule is Cn1nc(-c2ccncc2)cc1NC(=O)[C@@H]1CCCNC1. The van der Waals surface area contributed by atoms with Crippen LogP contribution in [0.1, 0.15) is 12.8 Å². The topological polar surface area (TPSA) is 71.8 Å². The van der Waals surface area contributed by atoms with Gasteiger partial charge in [-0.1, -0.05) is 0 Å². The van der Waals surface area contributed by atoms with E-state index >= 15 is 0 Å². The van der Waals surface area contributed by atoms with Gasteiger partial charge in [0.2, 0.25) is 5.91 Å². The number of nitrogens with one attached hydrogen (secondary N) is 2. The third-order valence-corrected chi connectivity index (χ3v) is 3.77. The molecule has 3 heterocycles. The van der Waals surface area contributed by atoms with Crippen molar-refractivity contribution in [2.24, 2.45) is 13.0 Å². The van der Waals surface area contributed by atoms with Crippen molar-refractivity contribution in [3.63, 3.8) is 0 Å². The van der Waals surface area contributed by atoms with Crippen LogP contribution in [-0.4, -0.2) is 33.8 Å². The summed E-state index contributed by atoms with van der Waals surface area (Å²) >= 11 is 0. The Balaban J connectivity index is 1.74. The average Bonchev–Trinajstić information content (AvgIpc) is 2.90. The Hall–Kier alpha value is -2.21. The van der Waals surface area contributed by atoms with Crippen molar-refractivity contribution >= 4 is 11.7 Å². The first-order valence-corrected chi connectivity index (χ1v) is 7.20. The maximum Gasteiger partial charge on any atom is 0.229 e. The lowest BCUT2D eigenvalue weighted by molar-refractivity contribution is -0.120. The zero-order chi connectivity index (χ0) is 14.7. The van der Waals surface area contributed by atoms with Gasteiger partial charge < -0.3 is 10.6 Å². The van der Waals surface area contributed by atoms with E-state index in [2.05, 4.69) is 20.7 Å². The van der Waals surface area contributed by atoms with E-state index in [1.165, 1.54) is 0 Å². The highest BCUT2D eigenvalue weighted by Gasteiger charge is 2.22. The largest absolute Gasteiger partial charge is 0.316 e. The van der Waals surface area contributed by atoms with Gasteiger partial charge in [-0.2, -0.15) is 5.10 Å². The predicted molar refractivity (Wildman–Crippen MR) is 80.7 cm³/mol. The van der Waals surface area contributed by atoms with E-state index in [1.54, 1.807) is 17.1 Å². The molecule has 2 N–H and O–H groups in total. The normalized spacial score (nSPS) is 18.4. The van der Waals surface area contributed by atoms with Crippen LogP contribution in [0.4, 0.5) is 5.82 Å². The molecule has 0 radical (unpaired) electrons. The molecule has 1 saturated heterocycles. The number of hydrogen-bond donors (Lipinski definition) is 2. The summed E-state index contributed by atoms with van der Waals surface area (Å²) in [6, 6.07) is 5.70. The Labute approximate surface area is 123 Å². The molecule has 1 atom stereocenters. The maximum atomic E-state index is 12.3. The first-order chi connectivity index (χ1) is 10.2. The minimum absolute atomic E-state index is 0.0398. The van der Waals surface area contributed by atoms with Crippen LogP contribution in [0.25, 0.3) is 11.3 Å². The summed E-state index contributed by atoms with van der Waals surface area (Å²) in [4.78, 5) is 16.3. The number of carbonyl (C=O) groups is 1. The molecule has 1 aliphatic heterocycles. The fourth-order valence-corrected chi connectivity index (χ4v) is 2.55. The molecule has 0 spiro atoms. The summed E-state index contributed by atoms with van der Waals surface area (Å²) in [5.41, 5.74) is 1.82. The Morgan fingerprint density at radius 1 is 1.43 bits per heavy atom. The molecule has 3 rings (SSSR count). The monoisotopic (exact) mass is 285 g/mol. The highest BCUT2D eigenvalue weighted by molar-refractivity contribution is 5.92. The molecular formula is C15H19N5O. The molecule has 1 aliphatic rings. The minimum atomic E-state index is 0.0398. The molecule has 0 saturated carbocycles. The maximum absolute atomic E-state index is 12.3. The average molecular weight is 285 g/mol. The van der Waals surface area contributed by atoms with Gasteiger partial charge in [-0.15, -0.1) is 0 Å². The highest BCUT2D eigenvalue weighted by atomic mass is 16.2. The van der Waals surface area contributed by atoms with Crippen LogP contribution in [-0.2, 0) is 11.8 Å². The molecule has 2 aromatic rings. The summed E-state index contributed by atoms with van der Waals surface area (Å²) in [6.07, 6.45) is 5.45. The fourth-order valence-electron chi connectivity index (χ4n) is 2.55. The summed E-state index contributed by atoms with van der Waals surface area (Å²) in [5, 5.41) is 10.7. The third kappa shape index (κ3) is 3.11. The molecule has 110 valence electrons. The predicted octanol–water partition coefficient (Wildman–Crippen LogP) is 1.42. The molecule has 0 unspecified atom stereocenters. The first-order valence-electron chi connectivity index (χ1n) is 7.20. The van der Waals surface area contributed by atoms with Gasteiger partial charge in [0.25, 0.3) is 0 Å². The number of carbonyl (C=O) groups excluding carboxylic acids is 1. The van der Waals surface area contributed by atoms with E-state index in [4.69, 9.17) is 0 Å². The van der Waals surface area contributed by atoms with Crippen molar-refractivity contribution in [2.45, 2.75) is 12.8 Å². The molecule has 1 fully saturated rings. The van der Waals surface area contributed by atoms with Crippen LogP contribution in [0.15, 0.2) is 30.6 Å². The number of rotatable bonds is 3. The van der Waals surface area contributed by atoms with Crippen molar-refractivity contribution in [1.82, 2.24) is 20.1 Å². The molecule has 6 nitrogen and oxygen atoms in total. The Morgan fingerprint density at radius 2 is 2.24 bits per heavy atom. The van der Waals surface area contributed by atoms with E-state index in [0.29, 0.717) is 0 Å². The van der Waals surface area contributed by atoms with Crippen LogP contribution in [0.5, 0.6) is 0 Å². The van der Waals surface area contributed by atoms with E-state index < -0.39 is 0 Å². The number of piperidine rings is 1. The second kappa shape index (κ2) is 6.05. The minimum Gasteiger partial charge on any atom is -0.316 e. The summed E-state index contributed by atoms with van der Waals surface area (Å²) in [6.45, 7) is 1.75. The van der Waals surface area contributed by atoms with Crippen LogP contribution < -0.4 is 10.6 Å². The number of anilines is 1. The molecule has 2 aromatic heterocycles. The van der Waals surface area contributed by atoms with Gasteiger partial charge in [0.15, 0.2) is 0 Å². The molecule has 0 aliphatic carbocycles. The quantitative estimate of drug-likeness (QED) is 0.894. The van der Waals surface area contributed by atoms with Gasteiger partial charge in [-0.3, -0.25) is 14.5 Å². The van der Waals surface area contributed by atoms with Crippen molar-refractivity contribution in [3.8, 4) is 11.3 Å². The van der Waals surface area contributed by atoms with Crippen molar-refractivity contribution in [3.05, 3.63) is 30.6 Å². The number of aromatic nitrogens is 3. The Morgan fingerprint density at radius 3 is 2.95 bits per heavy atom. The molecule has 1 amide bonds. The van der Waals surface area contributed by atoms with Gasteiger partial charge >= 0.3 is 0 Å². The van der Waals surface area contributed by atoms with Crippen LogP contribution >= 0.6 is 0 Å². The summed E-state index contributed by atoms with van der Waals surface area (Å²) < 4.78 is 1.70.